The van der Waals surface area contributed by atoms with Crippen LogP contribution in [0.1, 0.15) is 50.3 Å². The van der Waals surface area contributed by atoms with Crippen molar-refractivity contribution in [3.8, 4) is 0 Å². The lowest BCUT2D eigenvalue weighted by Gasteiger charge is -2.16. The van der Waals surface area contributed by atoms with Crippen molar-refractivity contribution in [3.05, 3.63) is 34.9 Å². The molecule has 0 N–H and O–H groups in total. The molecule has 19 heavy (non-hydrogen) atoms. The number of hydrogen-bond donors (Lipinski definition) is 0. The van der Waals surface area contributed by atoms with Crippen molar-refractivity contribution in [1.29, 1.82) is 0 Å². The Kier molecular flexibility index (Phi) is 5.59. The molecule has 0 saturated carbocycles. The van der Waals surface area contributed by atoms with E-state index in [1.807, 2.05) is 20.8 Å². The van der Waals surface area contributed by atoms with E-state index in [9.17, 15) is 4.79 Å². The predicted octanol–water partition coefficient (Wildman–Crippen LogP) is 4.22. The molecule has 1 aromatic carbocycles. The molecule has 0 atom stereocenters. The summed E-state index contributed by atoms with van der Waals surface area (Å²) in [7, 11) is 0. The van der Waals surface area contributed by atoms with Gasteiger partial charge in [0, 0.05) is 0 Å². The van der Waals surface area contributed by atoms with Gasteiger partial charge in [-0.1, -0.05) is 18.2 Å². The highest BCUT2D eigenvalue weighted by molar-refractivity contribution is 5.75. The van der Waals surface area contributed by atoms with Gasteiger partial charge >= 0.3 is 5.97 Å². The zero-order valence-electron chi connectivity index (χ0n) is 12.9. The van der Waals surface area contributed by atoms with Crippen LogP contribution in [0.4, 0.5) is 0 Å². The summed E-state index contributed by atoms with van der Waals surface area (Å²) in [6.07, 6.45) is 3.03. The molecule has 2 heteroatoms. The SMILES string of the molecule is Cc1ccc(CCCCOC(=O)C(C)(C)C)cc1C. The van der Waals surface area contributed by atoms with E-state index >= 15 is 0 Å². The maximum atomic E-state index is 11.6. The van der Waals surface area contributed by atoms with Crippen LogP contribution in [0, 0.1) is 19.3 Å². The standard InChI is InChI=1S/C17H26O2/c1-13-9-10-15(12-14(13)2)8-6-7-11-19-16(18)17(3,4)5/h9-10,12H,6-8,11H2,1-5H3. The van der Waals surface area contributed by atoms with Crippen LogP contribution >= 0.6 is 0 Å². The van der Waals surface area contributed by atoms with Crippen molar-refractivity contribution in [1.82, 2.24) is 0 Å². The Morgan fingerprint density at radius 3 is 2.37 bits per heavy atom. The second-order valence-electron chi connectivity index (χ2n) is 6.26. The van der Waals surface area contributed by atoms with Crippen LogP contribution in [0.2, 0.25) is 0 Å². The molecule has 0 spiro atoms. The monoisotopic (exact) mass is 262 g/mol. The average Bonchev–Trinajstić information content (AvgIpc) is 2.31. The number of esters is 1. The maximum absolute atomic E-state index is 11.6. The van der Waals surface area contributed by atoms with Gasteiger partial charge in [0.15, 0.2) is 0 Å². The van der Waals surface area contributed by atoms with Gasteiger partial charge in [0.25, 0.3) is 0 Å². The van der Waals surface area contributed by atoms with Crippen LogP contribution in [0.15, 0.2) is 18.2 Å². The third-order valence-electron chi connectivity index (χ3n) is 3.28. The fraction of sp³-hybridized carbons (Fsp3) is 0.588. The fourth-order valence-electron chi connectivity index (χ4n) is 1.77. The van der Waals surface area contributed by atoms with E-state index in [0.29, 0.717) is 6.61 Å². The van der Waals surface area contributed by atoms with Crippen molar-refractivity contribution in [2.24, 2.45) is 5.41 Å². The number of ether oxygens (including phenoxy) is 1. The number of rotatable bonds is 5. The lowest BCUT2D eigenvalue weighted by Crippen LogP contribution is -2.23. The molecule has 0 radical (unpaired) electrons. The summed E-state index contributed by atoms with van der Waals surface area (Å²) in [4.78, 5) is 11.6. The average molecular weight is 262 g/mol. The summed E-state index contributed by atoms with van der Waals surface area (Å²) in [5, 5.41) is 0. The molecular formula is C17H26O2. The second kappa shape index (κ2) is 6.74. The Hall–Kier alpha value is -1.31. The molecule has 0 unspecified atom stereocenters. The smallest absolute Gasteiger partial charge is 0.311 e. The number of carbonyl (C=O) groups is 1. The predicted molar refractivity (Wildman–Crippen MR) is 79.3 cm³/mol. The molecule has 0 fully saturated rings. The molecule has 1 rings (SSSR count). The van der Waals surface area contributed by atoms with Crippen molar-refractivity contribution >= 4 is 5.97 Å². The van der Waals surface area contributed by atoms with Crippen molar-refractivity contribution in [3.63, 3.8) is 0 Å². The van der Waals surface area contributed by atoms with Crippen LogP contribution in [-0.4, -0.2) is 12.6 Å². The Morgan fingerprint density at radius 2 is 1.79 bits per heavy atom. The van der Waals surface area contributed by atoms with Gasteiger partial charge in [-0.15, -0.1) is 0 Å². The zero-order valence-corrected chi connectivity index (χ0v) is 12.9. The molecule has 0 aliphatic carbocycles. The zero-order chi connectivity index (χ0) is 14.5. The van der Waals surface area contributed by atoms with Crippen molar-refractivity contribution in [2.75, 3.05) is 6.61 Å². The van der Waals surface area contributed by atoms with Crippen LogP contribution in [0.5, 0.6) is 0 Å². The molecule has 0 aliphatic rings. The minimum atomic E-state index is -0.395. The van der Waals surface area contributed by atoms with E-state index in [2.05, 4.69) is 32.0 Å². The number of unbranched alkanes of at least 4 members (excludes halogenated alkanes) is 1. The first-order valence-electron chi connectivity index (χ1n) is 7.04. The molecule has 2 nitrogen and oxygen atoms in total. The van der Waals surface area contributed by atoms with E-state index in [4.69, 9.17) is 4.74 Å². The topological polar surface area (TPSA) is 26.3 Å². The highest BCUT2D eigenvalue weighted by atomic mass is 16.5. The van der Waals surface area contributed by atoms with Crippen LogP contribution < -0.4 is 0 Å². The summed E-state index contributed by atoms with van der Waals surface area (Å²) >= 11 is 0. The van der Waals surface area contributed by atoms with Crippen LogP contribution in [-0.2, 0) is 16.0 Å². The first kappa shape index (κ1) is 15.7. The Labute approximate surface area is 117 Å². The highest BCUT2D eigenvalue weighted by Gasteiger charge is 2.22. The van der Waals surface area contributed by atoms with Crippen molar-refractivity contribution < 1.29 is 9.53 Å². The normalized spacial score (nSPS) is 11.4. The first-order valence-corrected chi connectivity index (χ1v) is 7.04. The molecule has 0 aromatic heterocycles. The molecule has 0 amide bonds. The van der Waals surface area contributed by atoms with Gasteiger partial charge in [-0.05, 0) is 70.6 Å². The van der Waals surface area contributed by atoms with Crippen LogP contribution in [0.3, 0.4) is 0 Å². The van der Waals surface area contributed by atoms with Gasteiger partial charge in [-0.3, -0.25) is 4.79 Å². The van der Waals surface area contributed by atoms with E-state index in [1.54, 1.807) is 0 Å². The van der Waals surface area contributed by atoms with E-state index in [0.717, 1.165) is 19.3 Å². The minimum absolute atomic E-state index is 0.112. The van der Waals surface area contributed by atoms with Crippen LogP contribution in [0.25, 0.3) is 0 Å². The molecule has 0 heterocycles. The third kappa shape index (κ3) is 5.46. The summed E-state index contributed by atoms with van der Waals surface area (Å²) in [6.45, 7) is 10.4. The van der Waals surface area contributed by atoms with Gasteiger partial charge in [0.2, 0.25) is 0 Å². The Balaban J connectivity index is 2.24. The van der Waals surface area contributed by atoms with Gasteiger partial charge in [0.05, 0.1) is 12.0 Å². The molecular weight excluding hydrogens is 236 g/mol. The molecule has 0 bridgehead atoms. The summed E-state index contributed by atoms with van der Waals surface area (Å²) < 4.78 is 5.25. The Morgan fingerprint density at radius 1 is 1.11 bits per heavy atom. The number of benzene rings is 1. The molecule has 1 aromatic rings. The van der Waals surface area contributed by atoms with E-state index in [1.165, 1.54) is 16.7 Å². The summed E-state index contributed by atoms with van der Waals surface area (Å²) in [5.74, 6) is -0.112. The molecule has 0 aliphatic heterocycles. The molecule has 0 saturated heterocycles. The van der Waals surface area contributed by atoms with Gasteiger partial charge in [0.1, 0.15) is 0 Å². The summed E-state index contributed by atoms with van der Waals surface area (Å²) in [6, 6.07) is 6.60. The second-order valence-corrected chi connectivity index (χ2v) is 6.26. The lowest BCUT2D eigenvalue weighted by molar-refractivity contribution is -0.153. The van der Waals surface area contributed by atoms with Gasteiger partial charge in [-0.25, -0.2) is 0 Å². The quantitative estimate of drug-likeness (QED) is 0.587. The van der Waals surface area contributed by atoms with Gasteiger partial charge in [-0.2, -0.15) is 0 Å². The lowest BCUT2D eigenvalue weighted by atomic mass is 9.97. The third-order valence-corrected chi connectivity index (χ3v) is 3.28. The fourth-order valence-corrected chi connectivity index (χ4v) is 1.77. The number of aryl methyl sites for hydroxylation is 3. The van der Waals surface area contributed by atoms with Gasteiger partial charge < -0.3 is 4.74 Å². The van der Waals surface area contributed by atoms with E-state index < -0.39 is 5.41 Å². The molecule has 106 valence electrons. The van der Waals surface area contributed by atoms with E-state index in [-0.39, 0.29) is 5.97 Å². The first-order chi connectivity index (χ1) is 8.80. The number of hydrogen-bond acceptors (Lipinski definition) is 2. The number of carbonyl (C=O) groups excluding carboxylic acids is 1. The minimum Gasteiger partial charge on any atom is -0.465 e. The largest absolute Gasteiger partial charge is 0.465 e. The summed E-state index contributed by atoms with van der Waals surface area (Å²) in [5.41, 5.74) is 3.65. The Bertz CT molecular complexity index is 427. The van der Waals surface area contributed by atoms with Crippen molar-refractivity contribution in [2.45, 2.75) is 53.9 Å². The maximum Gasteiger partial charge on any atom is 0.311 e. The highest BCUT2D eigenvalue weighted by Crippen LogP contribution is 2.16.